The van der Waals surface area contributed by atoms with Crippen LogP contribution in [0.25, 0.3) is 10.9 Å². The first-order valence-electron chi connectivity index (χ1n) is 9.45. The molecule has 3 rings (SSSR count). The van der Waals surface area contributed by atoms with Crippen LogP contribution < -0.4 is 0 Å². The minimum absolute atomic E-state index is 0.239. The van der Waals surface area contributed by atoms with Crippen LogP contribution in [0.2, 0.25) is 0 Å². The van der Waals surface area contributed by atoms with Crippen LogP contribution in [-0.2, 0) is 23.0 Å². The van der Waals surface area contributed by atoms with Gasteiger partial charge in [0.1, 0.15) is 6.07 Å². The van der Waals surface area contributed by atoms with Gasteiger partial charge in [-0.25, -0.2) is 0 Å². The van der Waals surface area contributed by atoms with E-state index >= 15 is 0 Å². The predicted octanol–water partition coefficient (Wildman–Crippen LogP) is 5.08. The highest BCUT2D eigenvalue weighted by molar-refractivity contribution is 5.89. The third-order valence-corrected chi connectivity index (χ3v) is 4.69. The summed E-state index contributed by atoms with van der Waals surface area (Å²) in [5, 5.41) is 10.1. The number of aromatic nitrogens is 1. The maximum absolute atomic E-state index is 11.5. The number of hydrogen-bond acceptors (Lipinski definition) is 3. The van der Waals surface area contributed by atoms with Crippen LogP contribution in [0.1, 0.15) is 40.4 Å². The molecule has 0 radical (unpaired) electrons. The number of nitrogens with zero attached hydrogens (tertiary/aromatic N) is 2. The van der Waals surface area contributed by atoms with Crippen LogP contribution in [0.3, 0.4) is 0 Å². The Hall–Kier alpha value is -3.06. The first-order chi connectivity index (χ1) is 13.3. The number of fused-ring (bicyclic) bond motifs is 1. The molecule has 3 aromatic rings. The zero-order valence-corrected chi connectivity index (χ0v) is 17.6. The molecule has 0 atom stereocenters. The summed E-state index contributed by atoms with van der Waals surface area (Å²) in [6.07, 6.45) is 0.239. The van der Waals surface area contributed by atoms with E-state index < -0.39 is 0 Å². The number of rotatable bonds is 3. The zero-order chi connectivity index (χ0) is 20.8. The van der Waals surface area contributed by atoms with E-state index in [1.807, 2.05) is 36.7 Å². The highest BCUT2D eigenvalue weighted by Crippen LogP contribution is 2.25. The van der Waals surface area contributed by atoms with Gasteiger partial charge in [0.25, 0.3) is 0 Å². The largest absolute Gasteiger partial charge is 0.466 e. The molecule has 28 heavy (non-hydrogen) atoms. The second kappa shape index (κ2) is 9.23. The van der Waals surface area contributed by atoms with Gasteiger partial charge < -0.3 is 9.30 Å². The van der Waals surface area contributed by atoms with Gasteiger partial charge in [0.15, 0.2) is 0 Å². The molecule has 0 aliphatic heterocycles. The van der Waals surface area contributed by atoms with E-state index in [-0.39, 0.29) is 12.4 Å². The quantitative estimate of drug-likeness (QED) is 0.599. The topological polar surface area (TPSA) is 55.0 Å². The van der Waals surface area contributed by atoms with E-state index in [2.05, 4.69) is 45.0 Å². The lowest BCUT2D eigenvalue weighted by molar-refractivity contribution is -0.142. The second-order valence-corrected chi connectivity index (χ2v) is 7.13. The van der Waals surface area contributed by atoms with Gasteiger partial charge in [-0.1, -0.05) is 41.0 Å². The van der Waals surface area contributed by atoms with Crippen LogP contribution in [-0.4, -0.2) is 17.1 Å². The molecule has 0 fully saturated rings. The van der Waals surface area contributed by atoms with Crippen LogP contribution in [0.4, 0.5) is 0 Å². The molecule has 0 aliphatic rings. The molecule has 1 aromatic heterocycles. The summed E-state index contributed by atoms with van der Waals surface area (Å²) in [5.74, 6) is -0.243. The molecule has 0 bridgehead atoms. The molecule has 0 aliphatic carbocycles. The Morgan fingerprint density at radius 2 is 1.61 bits per heavy atom. The van der Waals surface area contributed by atoms with Crippen LogP contribution in [0, 0.1) is 39.0 Å². The monoisotopic (exact) mass is 376 g/mol. The average molecular weight is 377 g/mol. The van der Waals surface area contributed by atoms with Gasteiger partial charge in [0.05, 0.1) is 18.6 Å². The fraction of sp³-hybridized carbons (Fsp3) is 0.333. The van der Waals surface area contributed by atoms with Gasteiger partial charge in [-0.3, -0.25) is 4.79 Å². The third kappa shape index (κ3) is 5.01. The smallest absolute Gasteiger partial charge is 0.310 e. The Kier molecular flexibility index (Phi) is 7.00. The van der Waals surface area contributed by atoms with Crippen molar-refractivity contribution < 1.29 is 9.53 Å². The molecular formula is C24H28N2O2. The van der Waals surface area contributed by atoms with E-state index in [9.17, 15) is 10.1 Å². The average Bonchev–Trinajstić information content (AvgIpc) is 2.84. The van der Waals surface area contributed by atoms with Crippen LogP contribution >= 0.6 is 0 Å². The SMILES string of the molecule is CCOC(=O)Cc1ccc2c(c1)c(C#N)c(C)n2C.Cc1cc(C)cc(C)c1. The second-order valence-electron chi connectivity index (χ2n) is 7.13. The Morgan fingerprint density at radius 3 is 2.11 bits per heavy atom. The first kappa shape index (κ1) is 21.2. The van der Waals surface area contributed by atoms with Gasteiger partial charge in [-0.15, -0.1) is 0 Å². The summed E-state index contributed by atoms with van der Waals surface area (Å²) in [6, 6.07) is 14.5. The lowest BCUT2D eigenvalue weighted by Gasteiger charge is -2.03. The standard InChI is InChI=1S/C15H16N2O2.C9H12/c1-4-19-15(18)8-11-5-6-14-12(7-11)13(9-16)10(2)17(14)3;1-7-4-8(2)6-9(3)5-7/h5-7H,4,8H2,1-3H3;4-6H,1-3H3. The molecule has 1 heterocycles. The molecule has 2 aromatic carbocycles. The molecular weight excluding hydrogens is 348 g/mol. The van der Waals surface area contributed by atoms with Crippen molar-refractivity contribution in [3.63, 3.8) is 0 Å². The number of hydrogen-bond donors (Lipinski definition) is 0. The fourth-order valence-corrected chi connectivity index (χ4v) is 3.45. The van der Waals surface area contributed by atoms with Gasteiger partial charge in [-0.2, -0.15) is 5.26 Å². The van der Waals surface area contributed by atoms with Crippen molar-refractivity contribution in [2.75, 3.05) is 6.61 Å². The minimum Gasteiger partial charge on any atom is -0.466 e. The molecule has 0 unspecified atom stereocenters. The fourth-order valence-electron chi connectivity index (χ4n) is 3.45. The molecule has 4 nitrogen and oxygen atoms in total. The summed E-state index contributed by atoms with van der Waals surface area (Å²) in [5.41, 5.74) is 7.54. The minimum atomic E-state index is -0.243. The summed E-state index contributed by atoms with van der Waals surface area (Å²) in [7, 11) is 1.93. The number of esters is 1. The lowest BCUT2D eigenvalue weighted by atomic mass is 10.1. The first-order valence-corrected chi connectivity index (χ1v) is 9.45. The van der Waals surface area contributed by atoms with Gasteiger partial charge in [0, 0.05) is 23.6 Å². The molecule has 146 valence electrons. The molecule has 0 amide bonds. The molecule has 0 saturated carbocycles. The van der Waals surface area contributed by atoms with Crippen molar-refractivity contribution in [3.8, 4) is 6.07 Å². The number of carbonyl (C=O) groups excluding carboxylic acids is 1. The van der Waals surface area contributed by atoms with Crippen molar-refractivity contribution in [1.82, 2.24) is 4.57 Å². The Morgan fingerprint density at radius 1 is 1.04 bits per heavy atom. The van der Waals surface area contributed by atoms with Crippen molar-refractivity contribution in [2.24, 2.45) is 7.05 Å². The summed E-state index contributed by atoms with van der Waals surface area (Å²) in [4.78, 5) is 11.5. The number of aryl methyl sites for hydroxylation is 4. The van der Waals surface area contributed by atoms with Crippen LogP contribution in [0.15, 0.2) is 36.4 Å². The maximum Gasteiger partial charge on any atom is 0.310 e. The Labute approximate surface area is 167 Å². The normalized spacial score (nSPS) is 10.2. The number of carbonyl (C=O) groups is 1. The summed E-state index contributed by atoms with van der Waals surface area (Å²) >= 11 is 0. The number of benzene rings is 2. The van der Waals surface area contributed by atoms with Gasteiger partial charge >= 0.3 is 5.97 Å². The number of nitriles is 1. The predicted molar refractivity (Wildman–Crippen MR) is 113 cm³/mol. The van der Waals surface area contributed by atoms with E-state index in [1.165, 1.54) is 16.7 Å². The van der Waals surface area contributed by atoms with Crippen molar-refractivity contribution in [3.05, 3.63) is 69.9 Å². The summed E-state index contributed by atoms with van der Waals surface area (Å²) < 4.78 is 6.92. The van der Waals surface area contributed by atoms with Crippen molar-refractivity contribution >= 4 is 16.9 Å². The maximum atomic E-state index is 11.5. The zero-order valence-electron chi connectivity index (χ0n) is 17.6. The Bertz CT molecular complexity index is 988. The van der Waals surface area contributed by atoms with Gasteiger partial charge in [0.2, 0.25) is 0 Å². The van der Waals surface area contributed by atoms with Crippen molar-refractivity contribution in [2.45, 2.75) is 41.0 Å². The van der Waals surface area contributed by atoms with Crippen molar-refractivity contribution in [1.29, 1.82) is 5.26 Å². The third-order valence-electron chi connectivity index (χ3n) is 4.69. The van der Waals surface area contributed by atoms with E-state index in [0.29, 0.717) is 12.2 Å². The van der Waals surface area contributed by atoms with E-state index in [4.69, 9.17) is 4.74 Å². The van der Waals surface area contributed by atoms with Gasteiger partial charge in [-0.05, 0) is 52.3 Å². The lowest BCUT2D eigenvalue weighted by Crippen LogP contribution is -2.07. The Balaban J connectivity index is 0.000000261. The molecule has 0 spiro atoms. The molecule has 0 N–H and O–H groups in total. The molecule has 4 heteroatoms. The van der Waals surface area contributed by atoms with E-state index in [1.54, 1.807) is 6.92 Å². The summed E-state index contributed by atoms with van der Waals surface area (Å²) in [6.45, 7) is 10.5. The van der Waals surface area contributed by atoms with Crippen LogP contribution in [0.5, 0.6) is 0 Å². The highest BCUT2D eigenvalue weighted by atomic mass is 16.5. The number of ether oxygens (including phenoxy) is 1. The molecule has 0 saturated heterocycles. The van der Waals surface area contributed by atoms with E-state index in [0.717, 1.165) is 22.2 Å². The highest BCUT2D eigenvalue weighted by Gasteiger charge is 2.13.